The van der Waals surface area contributed by atoms with Crippen LogP contribution < -0.4 is 0 Å². The van der Waals surface area contributed by atoms with Crippen molar-refractivity contribution in [2.24, 2.45) is 11.8 Å². The maximum atomic E-state index is 12.7. The van der Waals surface area contributed by atoms with E-state index < -0.39 is 17.3 Å². The molecule has 0 bridgehead atoms. The summed E-state index contributed by atoms with van der Waals surface area (Å²) in [4.78, 5) is 0. The smallest absolute Gasteiger partial charge is 0.385 e. The Labute approximate surface area is 117 Å². The Morgan fingerprint density at radius 1 is 1.20 bits per heavy atom. The van der Waals surface area contributed by atoms with Crippen LogP contribution in [-0.2, 0) is 11.8 Å². The molecule has 0 radical (unpaired) electrons. The molecule has 1 aliphatic carbocycles. The van der Waals surface area contributed by atoms with Crippen molar-refractivity contribution >= 4 is 0 Å². The van der Waals surface area contributed by atoms with Gasteiger partial charge in [0.05, 0.1) is 11.2 Å². The standard InChI is InChI=1S/C16H21F3O/c1-10-6-7-15(20,9-12(10)3)14-5-4-13(8-11(14)2)16(17,18)19/h4-5,8,10,12,20H,6-7,9H2,1-3H3. The van der Waals surface area contributed by atoms with E-state index in [4.69, 9.17) is 0 Å². The second kappa shape index (κ2) is 5.06. The molecule has 1 aromatic rings. The molecule has 0 saturated heterocycles. The van der Waals surface area contributed by atoms with Crippen molar-refractivity contribution in [2.75, 3.05) is 0 Å². The summed E-state index contributed by atoms with van der Waals surface area (Å²) < 4.78 is 38.1. The summed E-state index contributed by atoms with van der Waals surface area (Å²) in [6.07, 6.45) is -2.20. The summed E-state index contributed by atoms with van der Waals surface area (Å²) in [6, 6.07) is 3.65. The van der Waals surface area contributed by atoms with Crippen LogP contribution in [0.1, 0.15) is 49.8 Å². The van der Waals surface area contributed by atoms with E-state index in [0.717, 1.165) is 18.6 Å². The number of hydrogen-bond acceptors (Lipinski definition) is 1. The van der Waals surface area contributed by atoms with Gasteiger partial charge < -0.3 is 5.11 Å². The first-order valence-corrected chi connectivity index (χ1v) is 7.04. The van der Waals surface area contributed by atoms with Crippen molar-refractivity contribution in [2.45, 2.75) is 51.8 Å². The SMILES string of the molecule is Cc1cc(C(F)(F)F)ccc1C1(O)CCC(C)C(C)C1. The van der Waals surface area contributed by atoms with Crippen LogP contribution in [0.25, 0.3) is 0 Å². The zero-order valence-corrected chi connectivity index (χ0v) is 12.1. The molecule has 1 fully saturated rings. The molecular weight excluding hydrogens is 265 g/mol. The van der Waals surface area contributed by atoms with Gasteiger partial charge in [-0.15, -0.1) is 0 Å². The van der Waals surface area contributed by atoms with Gasteiger partial charge in [-0.1, -0.05) is 19.9 Å². The predicted molar refractivity (Wildman–Crippen MR) is 72.3 cm³/mol. The third-order valence-electron chi connectivity index (χ3n) is 4.70. The minimum Gasteiger partial charge on any atom is -0.385 e. The molecule has 0 spiro atoms. The number of aliphatic hydroxyl groups is 1. The van der Waals surface area contributed by atoms with Crippen LogP contribution >= 0.6 is 0 Å². The van der Waals surface area contributed by atoms with Crippen molar-refractivity contribution in [3.05, 3.63) is 34.9 Å². The fraction of sp³-hybridized carbons (Fsp3) is 0.625. The zero-order valence-electron chi connectivity index (χ0n) is 12.1. The number of alkyl halides is 3. The van der Waals surface area contributed by atoms with Gasteiger partial charge in [0, 0.05) is 0 Å². The first-order chi connectivity index (χ1) is 9.13. The quantitative estimate of drug-likeness (QED) is 0.796. The molecule has 2 rings (SSSR count). The van der Waals surface area contributed by atoms with E-state index in [0.29, 0.717) is 35.8 Å². The molecule has 3 unspecified atom stereocenters. The third-order valence-corrected chi connectivity index (χ3v) is 4.70. The average Bonchev–Trinajstić information content (AvgIpc) is 2.33. The van der Waals surface area contributed by atoms with Crippen LogP contribution in [-0.4, -0.2) is 5.11 Å². The highest BCUT2D eigenvalue weighted by Gasteiger charge is 2.39. The van der Waals surface area contributed by atoms with E-state index in [2.05, 4.69) is 13.8 Å². The lowest BCUT2D eigenvalue weighted by molar-refractivity contribution is -0.137. The van der Waals surface area contributed by atoms with Gasteiger partial charge in [-0.2, -0.15) is 13.2 Å². The fourth-order valence-electron chi connectivity index (χ4n) is 3.19. The number of rotatable bonds is 1. The van der Waals surface area contributed by atoms with Crippen molar-refractivity contribution < 1.29 is 18.3 Å². The number of halogens is 3. The lowest BCUT2D eigenvalue weighted by Gasteiger charge is -2.40. The molecule has 4 heteroatoms. The Morgan fingerprint density at radius 3 is 2.35 bits per heavy atom. The molecule has 0 amide bonds. The van der Waals surface area contributed by atoms with Crippen LogP contribution in [0, 0.1) is 18.8 Å². The molecule has 1 aliphatic rings. The highest BCUT2D eigenvalue weighted by Crippen LogP contribution is 2.44. The van der Waals surface area contributed by atoms with E-state index in [1.54, 1.807) is 6.92 Å². The maximum absolute atomic E-state index is 12.7. The number of benzene rings is 1. The van der Waals surface area contributed by atoms with Crippen LogP contribution in [0.4, 0.5) is 13.2 Å². The van der Waals surface area contributed by atoms with E-state index in [-0.39, 0.29) is 0 Å². The maximum Gasteiger partial charge on any atom is 0.416 e. The highest BCUT2D eigenvalue weighted by atomic mass is 19.4. The van der Waals surface area contributed by atoms with Crippen molar-refractivity contribution in [3.8, 4) is 0 Å². The van der Waals surface area contributed by atoms with Crippen LogP contribution in [0.15, 0.2) is 18.2 Å². The Bertz CT molecular complexity index is 495. The first-order valence-electron chi connectivity index (χ1n) is 7.04. The van der Waals surface area contributed by atoms with Gasteiger partial charge in [-0.25, -0.2) is 0 Å². The summed E-state index contributed by atoms with van der Waals surface area (Å²) in [5.41, 5.74) is -0.479. The Balaban J connectivity index is 2.34. The van der Waals surface area contributed by atoms with Gasteiger partial charge in [-0.3, -0.25) is 0 Å². The van der Waals surface area contributed by atoms with Crippen molar-refractivity contribution in [1.29, 1.82) is 0 Å². The summed E-state index contributed by atoms with van der Waals surface area (Å²) >= 11 is 0. The van der Waals surface area contributed by atoms with Crippen LogP contribution in [0.3, 0.4) is 0 Å². The van der Waals surface area contributed by atoms with E-state index >= 15 is 0 Å². The number of aryl methyl sites for hydroxylation is 1. The summed E-state index contributed by atoms with van der Waals surface area (Å²) in [6.45, 7) is 5.89. The molecule has 0 heterocycles. The van der Waals surface area contributed by atoms with Crippen molar-refractivity contribution in [1.82, 2.24) is 0 Å². The molecule has 0 aromatic heterocycles. The minimum absolute atomic E-state index is 0.371. The molecule has 20 heavy (non-hydrogen) atoms. The van der Waals surface area contributed by atoms with Crippen LogP contribution in [0.2, 0.25) is 0 Å². The molecule has 1 saturated carbocycles. The Kier molecular flexibility index (Phi) is 3.89. The second-order valence-corrected chi connectivity index (χ2v) is 6.26. The van der Waals surface area contributed by atoms with Gasteiger partial charge >= 0.3 is 6.18 Å². The lowest BCUT2D eigenvalue weighted by atomic mass is 9.69. The van der Waals surface area contributed by atoms with E-state index in [1.807, 2.05) is 0 Å². The summed E-state index contributed by atoms with van der Waals surface area (Å²) in [7, 11) is 0. The summed E-state index contributed by atoms with van der Waals surface area (Å²) in [5, 5.41) is 10.8. The largest absolute Gasteiger partial charge is 0.416 e. The minimum atomic E-state index is -4.33. The molecule has 112 valence electrons. The lowest BCUT2D eigenvalue weighted by Crippen LogP contribution is -2.36. The monoisotopic (exact) mass is 286 g/mol. The van der Waals surface area contributed by atoms with Crippen LogP contribution in [0.5, 0.6) is 0 Å². The molecule has 1 aromatic carbocycles. The number of hydrogen-bond donors (Lipinski definition) is 1. The normalized spacial score (nSPS) is 31.4. The topological polar surface area (TPSA) is 20.2 Å². The van der Waals surface area contributed by atoms with Gasteiger partial charge in [0.15, 0.2) is 0 Å². The Morgan fingerprint density at radius 2 is 1.85 bits per heavy atom. The first kappa shape index (κ1) is 15.4. The molecular formula is C16H21F3O. The molecule has 1 nitrogen and oxygen atoms in total. The van der Waals surface area contributed by atoms with E-state index in [9.17, 15) is 18.3 Å². The van der Waals surface area contributed by atoms with Crippen molar-refractivity contribution in [3.63, 3.8) is 0 Å². The van der Waals surface area contributed by atoms with E-state index in [1.165, 1.54) is 6.07 Å². The van der Waals surface area contributed by atoms with Gasteiger partial charge in [0.2, 0.25) is 0 Å². The second-order valence-electron chi connectivity index (χ2n) is 6.26. The predicted octanol–water partition coefficient (Wildman–Crippen LogP) is 4.66. The highest BCUT2D eigenvalue weighted by molar-refractivity contribution is 5.36. The fourth-order valence-corrected chi connectivity index (χ4v) is 3.19. The zero-order chi connectivity index (χ0) is 15.1. The molecule has 1 N–H and O–H groups in total. The van der Waals surface area contributed by atoms with Gasteiger partial charge in [0.25, 0.3) is 0 Å². The molecule has 0 aliphatic heterocycles. The third kappa shape index (κ3) is 2.85. The van der Waals surface area contributed by atoms with Gasteiger partial charge in [0.1, 0.15) is 0 Å². The molecule has 3 atom stereocenters. The summed E-state index contributed by atoms with van der Waals surface area (Å²) in [5.74, 6) is 0.917. The average molecular weight is 286 g/mol. The van der Waals surface area contributed by atoms with Gasteiger partial charge in [-0.05, 0) is 61.3 Å². The Hall–Kier alpha value is -1.03.